The molecular weight excluding hydrogens is 610 g/mol. The summed E-state index contributed by atoms with van der Waals surface area (Å²) in [6, 6.07) is 26.8. The van der Waals surface area contributed by atoms with Crippen LogP contribution < -0.4 is 20.1 Å². The predicted molar refractivity (Wildman–Crippen MR) is 167 cm³/mol. The topological polar surface area (TPSA) is 96.5 Å². The third-order valence-corrected chi connectivity index (χ3v) is 8.11. The average Bonchev–Trinajstić information content (AvgIpc) is 2.92. The number of thiocarbonyl (C=S) groups is 1. The van der Waals surface area contributed by atoms with Gasteiger partial charge in [-0.3, -0.25) is 14.8 Å². The molecule has 0 aliphatic rings. The van der Waals surface area contributed by atoms with Crippen molar-refractivity contribution in [3.8, 4) is 5.75 Å². The molecule has 3 N–H and O–H groups in total. The molecule has 0 saturated heterocycles. The quantitative estimate of drug-likeness (QED) is 0.179. The summed E-state index contributed by atoms with van der Waals surface area (Å²) in [6.45, 7) is 4.10. The van der Waals surface area contributed by atoms with E-state index in [-0.39, 0.29) is 10.0 Å². The van der Waals surface area contributed by atoms with Crippen molar-refractivity contribution >= 4 is 60.6 Å². The molecular formula is C30H28BrN3O4S2. The summed E-state index contributed by atoms with van der Waals surface area (Å²) in [5.74, 6) is -0.00381. The first-order valence-electron chi connectivity index (χ1n) is 12.4. The number of benzene rings is 4. The number of anilines is 2. The molecule has 0 spiro atoms. The Kier molecular flexibility index (Phi) is 9.57. The number of rotatable bonds is 9. The molecule has 0 bridgehead atoms. The lowest BCUT2D eigenvalue weighted by Crippen LogP contribution is -2.34. The van der Waals surface area contributed by atoms with Gasteiger partial charge in [0.05, 0.1) is 22.8 Å². The molecule has 0 aliphatic carbocycles. The van der Waals surface area contributed by atoms with E-state index < -0.39 is 15.9 Å². The molecule has 0 fully saturated rings. The summed E-state index contributed by atoms with van der Waals surface area (Å²) in [5, 5.41) is 5.64. The number of halogens is 1. The highest BCUT2D eigenvalue weighted by atomic mass is 79.9. The molecule has 4 rings (SSSR count). The summed E-state index contributed by atoms with van der Waals surface area (Å²) in [7, 11) is -3.79. The van der Waals surface area contributed by atoms with E-state index in [1.807, 2.05) is 62.4 Å². The Morgan fingerprint density at radius 3 is 2.25 bits per heavy atom. The van der Waals surface area contributed by atoms with E-state index in [9.17, 15) is 13.2 Å². The van der Waals surface area contributed by atoms with E-state index in [1.165, 1.54) is 12.1 Å². The van der Waals surface area contributed by atoms with Gasteiger partial charge in [-0.1, -0.05) is 64.5 Å². The number of amides is 1. The normalized spacial score (nSPS) is 11.0. The number of hydrogen-bond acceptors (Lipinski definition) is 5. The Morgan fingerprint density at radius 1 is 0.900 bits per heavy atom. The third-order valence-electron chi connectivity index (χ3n) is 6.04. The average molecular weight is 639 g/mol. The van der Waals surface area contributed by atoms with Crippen LogP contribution in [0.5, 0.6) is 5.75 Å². The molecule has 1 amide bonds. The predicted octanol–water partition coefficient (Wildman–Crippen LogP) is 6.62. The molecule has 40 heavy (non-hydrogen) atoms. The van der Waals surface area contributed by atoms with Crippen LogP contribution in [0.1, 0.15) is 27.0 Å². The number of hydrogen-bond donors (Lipinski definition) is 3. The van der Waals surface area contributed by atoms with Crippen molar-refractivity contribution in [2.75, 3.05) is 16.6 Å². The Balaban J connectivity index is 1.38. The lowest BCUT2D eigenvalue weighted by Gasteiger charge is -2.15. The molecule has 0 saturated carbocycles. The van der Waals surface area contributed by atoms with Gasteiger partial charge >= 0.3 is 0 Å². The lowest BCUT2D eigenvalue weighted by atomic mass is 10.1. The third kappa shape index (κ3) is 7.68. The highest BCUT2D eigenvalue weighted by Gasteiger charge is 2.18. The first kappa shape index (κ1) is 29.3. The number of nitrogens with one attached hydrogen (secondary N) is 3. The molecule has 4 aromatic carbocycles. The van der Waals surface area contributed by atoms with Crippen molar-refractivity contribution in [1.82, 2.24) is 5.32 Å². The molecule has 0 unspecified atom stereocenters. The zero-order valence-electron chi connectivity index (χ0n) is 21.9. The second kappa shape index (κ2) is 13.1. The van der Waals surface area contributed by atoms with Gasteiger partial charge < -0.3 is 10.1 Å². The molecule has 10 heteroatoms. The fraction of sp³-hybridized carbons (Fsp3) is 0.133. The second-order valence-corrected chi connectivity index (χ2v) is 12.0. The SMILES string of the molecule is Cc1cccc(C)c1NS(=O)(=O)c1ccc(NC(=S)NC(=O)c2cc(Br)ccc2OCCc2ccccc2)cc1. The Bertz CT molecular complexity index is 1610. The van der Waals surface area contributed by atoms with Crippen LogP contribution in [0.3, 0.4) is 0 Å². The zero-order valence-corrected chi connectivity index (χ0v) is 25.1. The first-order valence-corrected chi connectivity index (χ1v) is 15.1. The van der Waals surface area contributed by atoms with Crippen LogP contribution in [0.15, 0.2) is 100 Å². The van der Waals surface area contributed by atoms with Gasteiger partial charge in [0.15, 0.2) is 5.11 Å². The summed E-state index contributed by atoms with van der Waals surface area (Å²) in [5.41, 5.74) is 4.20. The summed E-state index contributed by atoms with van der Waals surface area (Å²) in [4.78, 5) is 13.1. The van der Waals surface area contributed by atoms with E-state index in [0.29, 0.717) is 35.7 Å². The number of carbonyl (C=O) groups is 1. The Morgan fingerprint density at radius 2 is 1.57 bits per heavy atom. The van der Waals surface area contributed by atoms with E-state index in [2.05, 4.69) is 31.3 Å². The maximum absolute atomic E-state index is 13.0. The van der Waals surface area contributed by atoms with Crippen molar-refractivity contribution in [2.45, 2.75) is 25.2 Å². The fourth-order valence-corrected chi connectivity index (χ4v) is 5.72. The molecule has 0 radical (unpaired) electrons. The second-order valence-electron chi connectivity index (χ2n) is 9.03. The van der Waals surface area contributed by atoms with Crippen molar-refractivity contribution in [3.63, 3.8) is 0 Å². The van der Waals surface area contributed by atoms with Crippen molar-refractivity contribution in [2.24, 2.45) is 0 Å². The molecule has 0 atom stereocenters. The molecule has 0 aliphatic heterocycles. The van der Waals surface area contributed by atoms with Crippen LogP contribution in [0, 0.1) is 13.8 Å². The van der Waals surface area contributed by atoms with Crippen molar-refractivity contribution in [1.29, 1.82) is 0 Å². The maximum Gasteiger partial charge on any atom is 0.261 e. The summed E-state index contributed by atoms with van der Waals surface area (Å²) in [6.07, 6.45) is 0.698. The van der Waals surface area contributed by atoms with Crippen molar-refractivity contribution in [3.05, 3.63) is 118 Å². The fourth-order valence-electron chi connectivity index (χ4n) is 3.95. The molecule has 7 nitrogen and oxygen atoms in total. The molecule has 4 aromatic rings. The van der Waals surface area contributed by atoms with Crippen LogP contribution in [0.25, 0.3) is 0 Å². The van der Waals surface area contributed by atoms with Crippen molar-refractivity contribution < 1.29 is 17.9 Å². The van der Waals surface area contributed by atoms with Crippen LogP contribution in [0.2, 0.25) is 0 Å². The first-order chi connectivity index (χ1) is 19.1. The van der Waals surface area contributed by atoms with Gasteiger partial charge in [-0.2, -0.15) is 0 Å². The standard InChI is InChI=1S/C30H28BrN3O4S2/c1-20-7-6-8-21(2)28(20)34-40(36,37)25-14-12-24(13-15-25)32-30(39)33-29(35)26-19-23(31)11-16-27(26)38-18-17-22-9-4-3-5-10-22/h3-16,19,34H,17-18H2,1-2H3,(H2,32,33,35,39). The lowest BCUT2D eigenvalue weighted by molar-refractivity contribution is 0.0973. The highest BCUT2D eigenvalue weighted by molar-refractivity contribution is 9.10. The summed E-state index contributed by atoms with van der Waals surface area (Å²) >= 11 is 8.74. The number of carbonyl (C=O) groups excluding carboxylic acids is 1. The molecule has 0 aromatic heterocycles. The Hall–Kier alpha value is -3.73. The van der Waals surface area contributed by atoms with Gasteiger partial charge in [0.25, 0.3) is 15.9 Å². The van der Waals surface area contributed by atoms with Gasteiger partial charge in [0.1, 0.15) is 5.75 Å². The van der Waals surface area contributed by atoms with E-state index in [0.717, 1.165) is 21.2 Å². The minimum atomic E-state index is -3.79. The Labute approximate surface area is 248 Å². The minimum absolute atomic E-state index is 0.0597. The monoisotopic (exact) mass is 637 g/mol. The minimum Gasteiger partial charge on any atom is -0.492 e. The van der Waals surface area contributed by atoms with Crippen LogP contribution in [0.4, 0.5) is 11.4 Å². The largest absolute Gasteiger partial charge is 0.492 e. The maximum atomic E-state index is 13.0. The van der Waals surface area contributed by atoms with Crippen LogP contribution in [-0.4, -0.2) is 26.0 Å². The highest BCUT2D eigenvalue weighted by Crippen LogP contribution is 2.25. The zero-order chi connectivity index (χ0) is 28.7. The van der Waals surface area contributed by atoms with Crippen LogP contribution >= 0.6 is 28.1 Å². The molecule has 0 heterocycles. The van der Waals surface area contributed by atoms with E-state index >= 15 is 0 Å². The number of aryl methyl sites for hydroxylation is 2. The van der Waals surface area contributed by atoms with E-state index in [4.69, 9.17) is 17.0 Å². The summed E-state index contributed by atoms with van der Waals surface area (Å²) < 4.78 is 35.1. The number of para-hydroxylation sites is 1. The van der Waals surface area contributed by atoms with E-state index in [1.54, 1.807) is 30.3 Å². The van der Waals surface area contributed by atoms with Gasteiger partial charge in [-0.05, 0) is 85.2 Å². The number of ether oxygens (including phenoxy) is 1. The smallest absolute Gasteiger partial charge is 0.261 e. The van der Waals surface area contributed by atoms with Gasteiger partial charge in [-0.15, -0.1) is 0 Å². The van der Waals surface area contributed by atoms with Gasteiger partial charge in [0, 0.05) is 16.6 Å². The van der Waals surface area contributed by atoms with Crippen LogP contribution in [-0.2, 0) is 16.4 Å². The molecule has 206 valence electrons. The number of sulfonamides is 1. The van der Waals surface area contributed by atoms with Gasteiger partial charge in [-0.25, -0.2) is 8.42 Å². The van der Waals surface area contributed by atoms with Gasteiger partial charge in [0.2, 0.25) is 0 Å².